The molecule has 0 atom stereocenters. The lowest BCUT2D eigenvalue weighted by Gasteiger charge is -2.35. The van der Waals surface area contributed by atoms with Crippen LogP contribution in [0, 0.1) is 5.82 Å². The van der Waals surface area contributed by atoms with Gasteiger partial charge in [-0.15, -0.1) is 11.3 Å². The van der Waals surface area contributed by atoms with E-state index in [1.807, 2.05) is 47.8 Å². The molecule has 1 aromatic heterocycles. The van der Waals surface area contributed by atoms with Crippen LogP contribution in [0.1, 0.15) is 52.9 Å². The fourth-order valence-electron chi connectivity index (χ4n) is 4.42. The zero-order chi connectivity index (χ0) is 23.0. The summed E-state index contributed by atoms with van der Waals surface area (Å²) < 4.78 is 14.5. The van der Waals surface area contributed by atoms with Crippen molar-refractivity contribution in [1.29, 1.82) is 0 Å². The van der Waals surface area contributed by atoms with Crippen molar-refractivity contribution in [1.82, 2.24) is 9.80 Å². The molecule has 1 heterocycles. The Bertz CT molecular complexity index is 1050. The predicted octanol–water partition coefficient (Wildman–Crippen LogP) is 5.89. The Labute approximate surface area is 198 Å². The van der Waals surface area contributed by atoms with Gasteiger partial charge in [-0.2, -0.15) is 0 Å². The van der Waals surface area contributed by atoms with Gasteiger partial charge in [0.25, 0.3) is 5.91 Å². The molecule has 0 unspecified atom stereocenters. The first-order valence-corrected chi connectivity index (χ1v) is 12.4. The molecule has 0 saturated heterocycles. The van der Waals surface area contributed by atoms with Crippen LogP contribution in [0.25, 0.3) is 0 Å². The summed E-state index contributed by atoms with van der Waals surface area (Å²) in [5.41, 5.74) is 1.07. The molecule has 0 N–H and O–H groups in total. The predicted molar refractivity (Wildman–Crippen MR) is 129 cm³/mol. The van der Waals surface area contributed by atoms with Gasteiger partial charge in [0.2, 0.25) is 5.91 Å². The highest BCUT2D eigenvalue weighted by Crippen LogP contribution is 2.25. The number of rotatable bonds is 8. The molecule has 4 rings (SSSR count). The quantitative estimate of drug-likeness (QED) is 0.417. The Hall–Kier alpha value is -2.99. The zero-order valence-corrected chi connectivity index (χ0v) is 19.5. The first-order chi connectivity index (χ1) is 16.1. The Balaban J connectivity index is 1.58. The second kappa shape index (κ2) is 11.2. The van der Waals surface area contributed by atoms with Crippen molar-refractivity contribution in [2.45, 2.75) is 51.2 Å². The minimum absolute atomic E-state index is 0.0312. The molecule has 3 aromatic rings. The molecule has 0 aliphatic heterocycles. The summed E-state index contributed by atoms with van der Waals surface area (Å²) in [7, 11) is 0. The normalized spacial score (nSPS) is 14.1. The Morgan fingerprint density at radius 3 is 2.30 bits per heavy atom. The number of carbonyl (C=O) groups excluding carboxylic acids is 2. The standard InChI is InChI=1S/C27H29FN2O2S/c28-25-16-8-7-15-24(25)27(32)30(22-12-5-2-6-13-22)20-26(31)29(19-23-14-9-17-33-23)18-21-10-3-1-4-11-21/h1,3-4,7-11,14-17,22H,2,5-6,12-13,18-20H2. The van der Waals surface area contributed by atoms with Crippen LogP contribution in [-0.4, -0.2) is 34.2 Å². The monoisotopic (exact) mass is 464 g/mol. The maximum absolute atomic E-state index is 14.5. The van der Waals surface area contributed by atoms with Crippen LogP contribution < -0.4 is 0 Å². The molecule has 0 spiro atoms. The van der Waals surface area contributed by atoms with E-state index in [1.54, 1.807) is 33.3 Å². The summed E-state index contributed by atoms with van der Waals surface area (Å²) in [6, 6.07) is 19.8. The van der Waals surface area contributed by atoms with Crippen molar-refractivity contribution in [2.75, 3.05) is 6.54 Å². The number of hydrogen-bond donors (Lipinski definition) is 0. The van der Waals surface area contributed by atoms with Crippen molar-refractivity contribution < 1.29 is 14.0 Å². The smallest absolute Gasteiger partial charge is 0.257 e. The summed E-state index contributed by atoms with van der Waals surface area (Å²) in [5, 5.41) is 2.00. The summed E-state index contributed by atoms with van der Waals surface area (Å²) in [6.45, 7) is 0.901. The van der Waals surface area contributed by atoms with Gasteiger partial charge < -0.3 is 9.80 Å². The van der Waals surface area contributed by atoms with Crippen LogP contribution in [-0.2, 0) is 17.9 Å². The molecule has 0 bridgehead atoms. The molecule has 172 valence electrons. The average molecular weight is 465 g/mol. The number of nitrogens with zero attached hydrogens (tertiary/aromatic N) is 2. The van der Waals surface area contributed by atoms with Gasteiger partial charge >= 0.3 is 0 Å². The molecule has 1 aliphatic rings. The van der Waals surface area contributed by atoms with Crippen molar-refractivity contribution in [3.05, 3.63) is 93.9 Å². The van der Waals surface area contributed by atoms with Gasteiger partial charge in [-0.05, 0) is 42.0 Å². The Kier molecular flexibility index (Phi) is 7.89. The van der Waals surface area contributed by atoms with Gasteiger partial charge in [0, 0.05) is 17.5 Å². The molecule has 6 heteroatoms. The SMILES string of the molecule is O=C(CN(C(=O)c1ccccc1F)C1CCCCC1)N(Cc1ccccc1)Cc1cccs1. The number of thiophene rings is 1. The third-order valence-corrected chi connectivity index (χ3v) is 7.04. The van der Waals surface area contributed by atoms with E-state index in [4.69, 9.17) is 0 Å². The molecule has 0 radical (unpaired) electrons. The number of amides is 2. The second-order valence-corrected chi connectivity index (χ2v) is 9.55. The third-order valence-electron chi connectivity index (χ3n) is 6.18. The van der Waals surface area contributed by atoms with Gasteiger partial charge in [0.15, 0.2) is 0 Å². The third kappa shape index (κ3) is 6.08. The maximum atomic E-state index is 14.5. The minimum atomic E-state index is -0.546. The van der Waals surface area contributed by atoms with Crippen molar-refractivity contribution in [3.63, 3.8) is 0 Å². The van der Waals surface area contributed by atoms with E-state index in [0.29, 0.717) is 13.1 Å². The lowest BCUT2D eigenvalue weighted by Crippen LogP contribution is -2.48. The molecular weight excluding hydrogens is 435 g/mol. The Morgan fingerprint density at radius 1 is 0.879 bits per heavy atom. The van der Waals surface area contributed by atoms with E-state index < -0.39 is 11.7 Å². The molecule has 2 amide bonds. The summed E-state index contributed by atoms with van der Waals surface area (Å²) in [4.78, 5) is 31.5. The van der Waals surface area contributed by atoms with Crippen molar-refractivity contribution in [2.24, 2.45) is 0 Å². The highest BCUT2D eigenvalue weighted by atomic mass is 32.1. The first kappa shape index (κ1) is 23.2. The van der Waals surface area contributed by atoms with Gasteiger partial charge in [-0.1, -0.05) is 67.8 Å². The molecule has 33 heavy (non-hydrogen) atoms. The van der Waals surface area contributed by atoms with Gasteiger partial charge in [-0.25, -0.2) is 4.39 Å². The van der Waals surface area contributed by atoms with Crippen LogP contribution in [0.15, 0.2) is 72.1 Å². The number of hydrogen-bond acceptors (Lipinski definition) is 3. The summed E-state index contributed by atoms with van der Waals surface area (Å²) >= 11 is 1.61. The van der Waals surface area contributed by atoms with E-state index in [-0.39, 0.29) is 24.1 Å². The number of halogens is 1. The molecule has 1 saturated carbocycles. The highest BCUT2D eigenvalue weighted by Gasteiger charge is 2.31. The van der Waals surface area contributed by atoms with Crippen molar-refractivity contribution >= 4 is 23.2 Å². The number of benzene rings is 2. The van der Waals surface area contributed by atoms with Gasteiger partial charge in [0.05, 0.1) is 12.1 Å². The van der Waals surface area contributed by atoms with Crippen molar-refractivity contribution in [3.8, 4) is 0 Å². The van der Waals surface area contributed by atoms with Crippen LogP contribution in [0.5, 0.6) is 0 Å². The largest absolute Gasteiger partial charge is 0.332 e. The zero-order valence-electron chi connectivity index (χ0n) is 18.7. The first-order valence-electron chi connectivity index (χ1n) is 11.5. The molecule has 1 aliphatic carbocycles. The number of carbonyl (C=O) groups is 2. The molecule has 2 aromatic carbocycles. The van der Waals surface area contributed by atoms with Gasteiger partial charge in [0.1, 0.15) is 12.4 Å². The lowest BCUT2D eigenvalue weighted by atomic mass is 9.93. The van der Waals surface area contributed by atoms with Gasteiger partial charge in [-0.3, -0.25) is 9.59 Å². The molecular formula is C27H29FN2O2S. The van der Waals surface area contributed by atoms with E-state index in [1.165, 1.54) is 12.1 Å². The summed E-state index contributed by atoms with van der Waals surface area (Å²) in [5.74, 6) is -1.07. The van der Waals surface area contributed by atoms with E-state index in [0.717, 1.165) is 42.5 Å². The highest BCUT2D eigenvalue weighted by molar-refractivity contribution is 7.09. The van der Waals surface area contributed by atoms with E-state index >= 15 is 0 Å². The second-order valence-electron chi connectivity index (χ2n) is 8.52. The summed E-state index contributed by atoms with van der Waals surface area (Å²) in [6.07, 6.45) is 4.85. The minimum Gasteiger partial charge on any atom is -0.332 e. The van der Waals surface area contributed by atoms with Crippen LogP contribution in [0.3, 0.4) is 0 Å². The Morgan fingerprint density at radius 2 is 1.61 bits per heavy atom. The molecule has 4 nitrogen and oxygen atoms in total. The topological polar surface area (TPSA) is 40.6 Å². The fraction of sp³-hybridized carbons (Fsp3) is 0.333. The average Bonchev–Trinajstić information content (AvgIpc) is 3.36. The van der Waals surface area contributed by atoms with E-state index in [9.17, 15) is 14.0 Å². The lowest BCUT2D eigenvalue weighted by molar-refractivity contribution is -0.133. The van der Waals surface area contributed by atoms with E-state index in [2.05, 4.69) is 0 Å². The van der Waals surface area contributed by atoms with Crippen LogP contribution in [0.4, 0.5) is 4.39 Å². The fourth-order valence-corrected chi connectivity index (χ4v) is 5.14. The van der Waals surface area contributed by atoms with Crippen LogP contribution in [0.2, 0.25) is 0 Å². The maximum Gasteiger partial charge on any atom is 0.257 e. The van der Waals surface area contributed by atoms with Crippen LogP contribution >= 0.6 is 11.3 Å². The molecule has 1 fully saturated rings.